The van der Waals surface area contributed by atoms with Gasteiger partial charge < -0.3 is 15.1 Å². The first kappa shape index (κ1) is 16.9. The number of H-pyrrole nitrogens is 2. The van der Waals surface area contributed by atoms with Crippen LogP contribution < -0.4 is 11.1 Å². The molecule has 0 spiro atoms. The van der Waals surface area contributed by atoms with Crippen LogP contribution in [0.15, 0.2) is 32.7 Å². The number of carboxylic acids is 1. The Kier molecular flexibility index (Phi) is 4.39. The van der Waals surface area contributed by atoms with Crippen molar-refractivity contribution in [3.63, 3.8) is 0 Å². The molecule has 9 nitrogen and oxygen atoms in total. The lowest BCUT2D eigenvalue weighted by molar-refractivity contribution is -0.137. The van der Waals surface area contributed by atoms with Crippen molar-refractivity contribution in [3.8, 4) is 0 Å². The molecule has 1 aromatic carbocycles. The van der Waals surface area contributed by atoms with Gasteiger partial charge in [-0.05, 0) is 32.0 Å². The molecule has 0 atom stereocenters. The molecule has 0 aliphatic rings. The SMILES string of the molecule is CC(C)N(CC(=O)O)S(=O)(=O)c1ccc2[nH]c(=O)c(=O)[nH]c2c1. The van der Waals surface area contributed by atoms with Crippen molar-refractivity contribution < 1.29 is 18.3 Å². The maximum absolute atomic E-state index is 12.6. The van der Waals surface area contributed by atoms with Crippen molar-refractivity contribution in [1.82, 2.24) is 14.3 Å². The molecule has 124 valence electrons. The van der Waals surface area contributed by atoms with Crippen LogP contribution in [0.5, 0.6) is 0 Å². The van der Waals surface area contributed by atoms with Crippen LogP contribution >= 0.6 is 0 Å². The first-order valence-corrected chi connectivity index (χ1v) is 8.07. The summed E-state index contributed by atoms with van der Waals surface area (Å²) in [5, 5.41) is 8.89. The van der Waals surface area contributed by atoms with Crippen LogP contribution in [0.4, 0.5) is 0 Å². The molecule has 2 aromatic rings. The standard InChI is InChI=1S/C13H15N3O6S/c1-7(2)16(6-11(17)18)23(21,22)8-3-4-9-10(5-8)15-13(20)12(19)14-9/h3-5,7H,6H2,1-2H3,(H,14,19)(H,15,20)(H,17,18). The number of nitrogens with one attached hydrogen (secondary N) is 2. The maximum Gasteiger partial charge on any atom is 0.318 e. The Balaban J connectivity index is 2.61. The summed E-state index contributed by atoms with van der Waals surface area (Å²) in [5.74, 6) is -1.28. The maximum atomic E-state index is 12.6. The second-order valence-corrected chi connectivity index (χ2v) is 7.04. The molecule has 0 fully saturated rings. The number of carbonyl (C=O) groups is 1. The van der Waals surface area contributed by atoms with Gasteiger partial charge in [0.05, 0.1) is 15.9 Å². The number of rotatable bonds is 5. The van der Waals surface area contributed by atoms with Crippen molar-refractivity contribution >= 4 is 27.0 Å². The highest BCUT2D eigenvalue weighted by Crippen LogP contribution is 2.20. The van der Waals surface area contributed by atoms with E-state index in [0.29, 0.717) is 0 Å². The van der Waals surface area contributed by atoms with E-state index in [0.717, 1.165) is 4.31 Å². The Labute approximate surface area is 130 Å². The number of aromatic amines is 2. The number of nitrogens with zero attached hydrogens (tertiary/aromatic N) is 1. The summed E-state index contributed by atoms with van der Waals surface area (Å²) in [6, 6.07) is 3.18. The average Bonchev–Trinajstić information content (AvgIpc) is 2.44. The van der Waals surface area contributed by atoms with Gasteiger partial charge in [0.15, 0.2) is 0 Å². The zero-order valence-corrected chi connectivity index (χ0v) is 13.2. The fraction of sp³-hybridized carbons (Fsp3) is 0.308. The molecule has 10 heteroatoms. The van der Waals surface area contributed by atoms with Crippen LogP contribution in [0.2, 0.25) is 0 Å². The lowest BCUT2D eigenvalue weighted by Gasteiger charge is -2.24. The lowest BCUT2D eigenvalue weighted by Crippen LogP contribution is -2.40. The summed E-state index contributed by atoms with van der Waals surface area (Å²) in [7, 11) is -4.07. The molecule has 1 heterocycles. The fourth-order valence-corrected chi connectivity index (χ4v) is 3.68. The normalized spacial score (nSPS) is 12.2. The van der Waals surface area contributed by atoms with Gasteiger partial charge in [-0.2, -0.15) is 4.31 Å². The number of aromatic nitrogens is 2. The summed E-state index contributed by atoms with van der Waals surface area (Å²) in [4.78, 5) is 37.9. The van der Waals surface area contributed by atoms with Gasteiger partial charge in [-0.1, -0.05) is 0 Å². The molecule has 23 heavy (non-hydrogen) atoms. The minimum absolute atomic E-state index is 0.134. The molecular formula is C13H15N3O6S. The van der Waals surface area contributed by atoms with Gasteiger partial charge in [0, 0.05) is 6.04 Å². The van der Waals surface area contributed by atoms with Gasteiger partial charge in [0.2, 0.25) is 10.0 Å². The minimum Gasteiger partial charge on any atom is -0.480 e. The number of sulfonamides is 1. The van der Waals surface area contributed by atoms with Gasteiger partial charge in [-0.15, -0.1) is 0 Å². The van der Waals surface area contributed by atoms with E-state index in [1.54, 1.807) is 13.8 Å². The van der Waals surface area contributed by atoms with E-state index in [2.05, 4.69) is 9.97 Å². The highest BCUT2D eigenvalue weighted by Gasteiger charge is 2.29. The fourth-order valence-electron chi connectivity index (χ4n) is 2.07. The summed E-state index contributed by atoms with van der Waals surface area (Å²) < 4.78 is 26.0. The van der Waals surface area contributed by atoms with E-state index in [9.17, 15) is 22.8 Å². The highest BCUT2D eigenvalue weighted by molar-refractivity contribution is 7.89. The molecule has 2 rings (SSSR count). The number of hydrogen-bond acceptors (Lipinski definition) is 5. The minimum atomic E-state index is -4.07. The molecule has 0 saturated heterocycles. The predicted octanol–water partition coefficient (Wildman–Crippen LogP) is -0.300. The molecule has 0 radical (unpaired) electrons. The molecule has 0 saturated carbocycles. The molecule has 0 amide bonds. The third-order valence-electron chi connectivity index (χ3n) is 3.17. The summed E-state index contributed by atoms with van der Waals surface area (Å²) in [5.41, 5.74) is -1.35. The molecule has 0 unspecified atom stereocenters. The van der Waals surface area contributed by atoms with Gasteiger partial charge in [-0.3, -0.25) is 14.4 Å². The van der Waals surface area contributed by atoms with Crippen molar-refractivity contribution in [2.45, 2.75) is 24.8 Å². The Bertz CT molecular complexity index is 973. The summed E-state index contributed by atoms with van der Waals surface area (Å²) >= 11 is 0. The van der Waals surface area contributed by atoms with Crippen molar-refractivity contribution in [2.75, 3.05) is 6.54 Å². The molecule has 0 aliphatic heterocycles. The van der Waals surface area contributed by atoms with E-state index in [-0.39, 0.29) is 15.9 Å². The topological polar surface area (TPSA) is 140 Å². The number of hydrogen-bond donors (Lipinski definition) is 3. The van der Waals surface area contributed by atoms with Gasteiger partial charge in [0.1, 0.15) is 6.54 Å². The van der Waals surface area contributed by atoms with Crippen LogP contribution in [-0.4, -0.2) is 46.4 Å². The van der Waals surface area contributed by atoms with Crippen LogP contribution in [0, 0.1) is 0 Å². The zero-order valence-electron chi connectivity index (χ0n) is 12.4. The molecule has 0 bridgehead atoms. The molecular weight excluding hydrogens is 326 g/mol. The third kappa shape index (κ3) is 3.32. The van der Waals surface area contributed by atoms with Crippen molar-refractivity contribution in [1.29, 1.82) is 0 Å². The highest BCUT2D eigenvalue weighted by atomic mass is 32.2. The van der Waals surface area contributed by atoms with E-state index in [4.69, 9.17) is 5.11 Å². The van der Waals surface area contributed by atoms with Gasteiger partial charge in [0.25, 0.3) is 0 Å². The van der Waals surface area contributed by atoms with E-state index >= 15 is 0 Å². The lowest BCUT2D eigenvalue weighted by atomic mass is 10.3. The second-order valence-electron chi connectivity index (χ2n) is 5.15. The van der Waals surface area contributed by atoms with Crippen molar-refractivity contribution in [2.24, 2.45) is 0 Å². The van der Waals surface area contributed by atoms with Crippen LogP contribution in [0.25, 0.3) is 11.0 Å². The van der Waals surface area contributed by atoms with Crippen LogP contribution in [0.3, 0.4) is 0 Å². The van der Waals surface area contributed by atoms with Crippen molar-refractivity contribution in [3.05, 3.63) is 38.9 Å². The monoisotopic (exact) mass is 341 g/mol. The zero-order chi connectivity index (χ0) is 17.4. The number of fused-ring (bicyclic) bond motifs is 1. The first-order chi connectivity index (χ1) is 10.6. The quantitative estimate of drug-likeness (QED) is 0.638. The Morgan fingerprint density at radius 1 is 1.17 bits per heavy atom. The van der Waals surface area contributed by atoms with Gasteiger partial charge >= 0.3 is 17.1 Å². The third-order valence-corrected chi connectivity index (χ3v) is 5.19. The van der Waals surface area contributed by atoms with Crippen LogP contribution in [-0.2, 0) is 14.8 Å². The number of benzene rings is 1. The second kappa shape index (κ2) is 5.97. The summed E-state index contributed by atoms with van der Waals surface area (Å²) in [6.07, 6.45) is 0. The Morgan fingerprint density at radius 2 is 1.74 bits per heavy atom. The Hall–Kier alpha value is -2.46. The predicted molar refractivity (Wildman–Crippen MR) is 81.9 cm³/mol. The van der Waals surface area contributed by atoms with E-state index < -0.39 is 39.7 Å². The smallest absolute Gasteiger partial charge is 0.318 e. The molecule has 1 aromatic heterocycles. The number of carboxylic acid groups (broad SMARTS) is 1. The summed E-state index contributed by atoms with van der Waals surface area (Å²) in [6.45, 7) is 2.43. The molecule has 3 N–H and O–H groups in total. The first-order valence-electron chi connectivity index (χ1n) is 6.63. The Morgan fingerprint density at radius 3 is 2.26 bits per heavy atom. The van der Waals surface area contributed by atoms with E-state index in [1.807, 2.05) is 0 Å². The number of aliphatic carboxylic acids is 1. The average molecular weight is 341 g/mol. The van der Waals surface area contributed by atoms with Gasteiger partial charge in [-0.25, -0.2) is 8.42 Å². The largest absolute Gasteiger partial charge is 0.480 e. The molecule has 0 aliphatic carbocycles. The van der Waals surface area contributed by atoms with E-state index in [1.165, 1.54) is 18.2 Å². The van der Waals surface area contributed by atoms with Crippen LogP contribution in [0.1, 0.15) is 13.8 Å².